The van der Waals surface area contributed by atoms with Crippen molar-refractivity contribution in [2.75, 3.05) is 6.54 Å². The van der Waals surface area contributed by atoms with Gasteiger partial charge in [0.15, 0.2) is 11.6 Å². The van der Waals surface area contributed by atoms with E-state index in [1.165, 1.54) is 6.92 Å². The summed E-state index contributed by atoms with van der Waals surface area (Å²) in [5.41, 5.74) is -1.57. The van der Waals surface area contributed by atoms with Crippen LogP contribution < -0.4 is 0 Å². The van der Waals surface area contributed by atoms with Crippen LogP contribution in [0.4, 0.5) is 8.78 Å². The van der Waals surface area contributed by atoms with Crippen molar-refractivity contribution < 1.29 is 23.5 Å². The summed E-state index contributed by atoms with van der Waals surface area (Å²) in [7, 11) is 0. The summed E-state index contributed by atoms with van der Waals surface area (Å²) in [6.45, 7) is 2.98. The Morgan fingerprint density at radius 1 is 1.16 bits per heavy atom. The lowest BCUT2D eigenvalue weighted by Crippen LogP contribution is -2.43. The van der Waals surface area contributed by atoms with Crippen LogP contribution >= 0.6 is 0 Å². The van der Waals surface area contributed by atoms with Crippen LogP contribution in [0.1, 0.15) is 41.0 Å². The van der Waals surface area contributed by atoms with Gasteiger partial charge < -0.3 is 5.11 Å². The van der Waals surface area contributed by atoms with E-state index in [1.54, 1.807) is 6.92 Å². The molecule has 1 heterocycles. The maximum absolute atomic E-state index is 13.1. The van der Waals surface area contributed by atoms with Crippen molar-refractivity contribution in [3.63, 3.8) is 0 Å². The summed E-state index contributed by atoms with van der Waals surface area (Å²) >= 11 is 0. The molecule has 0 radical (unpaired) electrons. The predicted octanol–water partition coefficient (Wildman–Crippen LogP) is 1.72. The fraction of sp³-hybridized carbons (Fsp3) is 0.385. The highest BCUT2D eigenvalue weighted by atomic mass is 19.2. The zero-order valence-electron chi connectivity index (χ0n) is 10.5. The summed E-state index contributed by atoms with van der Waals surface area (Å²) < 4.78 is 26.2. The zero-order valence-corrected chi connectivity index (χ0v) is 10.5. The SMILES string of the molecule is CCC(C)(O)CN1C(=O)c2cc(F)c(F)cc2C1=O. The predicted molar refractivity (Wildman–Crippen MR) is 62.6 cm³/mol. The minimum Gasteiger partial charge on any atom is -0.388 e. The van der Waals surface area contributed by atoms with Crippen LogP contribution in [0.2, 0.25) is 0 Å². The Hall–Kier alpha value is -1.82. The molecule has 0 spiro atoms. The highest BCUT2D eigenvalue weighted by Gasteiger charge is 2.39. The van der Waals surface area contributed by atoms with E-state index in [9.17, 15) is 23.5 Å². The fourth-order valence-electron chi connectivity index (χ4n) is 1.88. The molecule has 0 saturated heterocycles. The third-order valence-corrected chi connectivity index (χ3v) is 3.27. The first-order chi connectivity index (χ1) is 8.76. The van der Waals surface area contributed by atoms with Crippen molar-refractivity contribution in [1.82, 2.24) is 4.90 Å². The molecule has 102 valence electrons. The van der Waals surface area contributed by atoms with Gasteiger partial charge in [0, 0.05) is 0 Å². The second-order valence-electron chi connectivity index (χ2n) is 4.86. The van der Waals surface area contributed by atoms with E-state index >= 15 is 0 Å². The Morgan fingerprint density at radius 3 is 1.95 bits per heavy atom. The average Bonchev–Trinajstić information content (AvgIpc) is 2.56. The number of halogens is 2. The van der Waals surface area contributed by atoms with Crippen LogP contribution in [-0.2, 0) is 0 Å². The van der Waals surface area contributed by atoms with Crippen LogP contribution in [0.15, 0.2) is 12.1 Å². The second kappa shape index (κ2) is 4.38. The number of β-amino-alcohol motifs (C(OH)–C–C–N with tert-alkyl or cyclic N) is 1. The Morgan fingerprint density at radius 2 is 1.58 bits per heavy atom. The van der Waals surface area contributed by atoms with Gasteiger partial charge in [-0.2, -0.15) is 0 Å². The molecule has 0 aromatic heterocycles. The maximum atomic E-state index is 13.1. The molecule has 1 aromatic rings. The molecular weight excluding hydrogens is 256 g/mol. The van der Waals surface area contributed by atoms with E-state index in [4.69, 9.17) is 0 Å². The molecule has 4 nitrogen and oxygen atoms in total. The van der Waals surface area contributed by atoms with Gasteiger partial charge in [0.25, 0.3) is 11.8 Å². The lowest BCUT2D eigenvalue weighted by atomic mass is 10.0. The lowest BCUT2D eigenvalue weighted by molar-refractivity contribution is 0.0174. The van der Waals surface area contributed by atoms with E-state index in [2.05, 4.69) is 0 Å². The number of benzene rings is 1. The van der Waals surface area contributed by atoms with Gasteiger partial charge in [-0.3, -0.25) is 14.5 Å². The van der Waals surface area contributed by atoms with Gasteiger partial charge in [0.05, 0.1) is 23.3 Å². The van der Waals surface area contributed by atoms with Crippen molar-refractivity contribution in [3.05, 3.63) is 34.9 Å². The summed E-state index contributed by atoms with van der Waals surface area (Å²) in [5.74, 6) is -3.78. The molecule has 0 fully saturated rings. The van der Waals surface area contributed by atoms with Gasteiger partial charge in [0.2, 0.25) is 0 Å². The monoisotopic (exact) mass is 269 g/mol. The molecule has 1 aliphatic heterocycles. The molecule has 19 heavy (non-hydrogen) atoms. The summed E-state index contributed by atoms with van der Waals surface area (Å²) in [6.07, 6.45) is 0.336. The molecule has 1 aromatic carbocycles. The number of carbonyl (C=O) groups excluding carboxylic acids is 2. The number of rotatable bonds is 3. The first-order valence-electron chi connectivity index (χ1n) is 5.84. The minimum atomic E-state index is -1.23. The summed E-state index contributed by atoms with van der Waals surface area (Å²) in [5, 5.41) is 9.91. The van der Waals surface area contributed by atoms with Crippen molar-refractivity contribution >= 4 is 11.8 Å². The number of imide groups is 1. The van der Waals surface area contributed by atoms with E-state index in [-0.39, 0.29) is 17.7 Å². The van der Waals surface area contributed by atoms with E-state index in [1.807, 2.05) is 0 Å². The van der Waals surface area contributed by atoms with Crippen LogP contribution in [-0.4, -0.2) is 34.0 Å². The van der Waals surface area contributed by atoms with Crippen molar-refractivity contribution in [1.29, 1.82) is 0 Å². The van der Waals surface area contributed by atoms with Crippen molar-refractivity contribution in [3.8, 4) is 0 Å². The normalized spacial score (nSPS) is 17.6. The average molecular weight is 269 g/mol. The number of fused-ring (bicyclic) bond motifs is 1. The number of amides is 2. The highest BCUT2D eigenvalue weighted by Crippen LogP contribution is 2.27. The molecule has 0 bridgehead atoms. The van der Waals surface area contributed by atoms with E-state index in [0.29, 0.717) is 18.6 Å². The largest absolute Gasteiger partial charge is 0.388 e. The highest BCUT2D eigenvalue weighted by molar-refractivity contribution is 6.21. The molecule has 1 N–H and O–H groups in total. The van der Waals surface area contributed by atoms with Crippen LogP contribution in [0, 0.1) is 11.6 Å². The van der Waals surface area contributed by atoms with Gasteiger partial charge >= 0.3 is 0 Å². The van der Waals surface area contributed by atoms with E-state index < -0.39 is 29.0 Å². The third-order valence-electron chi connectivity index (χ3n) is 3.27. The number of aliphatic hydroxyl groups is 1. The van der Waals surface area contributed by atoms with Gasteiger partial charge in [-0.15, -0.1) is 0 Å². The topological polar surface area (TPSA) is 57.6 Å². The van der Waals surface area contributed by atoms with Crippen molar-refractivity contribution in [2.24, 2.45) is 0 Å². The van der Waals surface area contributed by atoms with Gasteiger partial charge in [-0.1, -0.05) is 6.92 Å². The Bertz CT molecular complexity index is 528. The van der Waals surface area contributed by atoms with Crippen LogP contribution in [0.25, 0.3) is 0 Å². The molecule has 1 unspecified atom stereocenters. The zero-order chi connectivity index (χ0) is 14.4. The summed E-state index contributed by atoms with van der Waals surface area (Å²) in [6, 6.07) is 1.43. The quantitative estimate of drug-likeness (QED) is 0.850. The Kier molecular flexibility index (Phi) is 3.14. The first kappa shape index (κ1) is 13.6. The van der Waals surface area contributed by atoms with Gasteiger partial charge in [0.1, 0.15) is 0 Å². The minimum absolute atomic E-state index is 0.171. The fourth-order valence-corrected chi connectivity index (χ4v) is 1.88. The number of hydrogen-bond donors (Lipinski definition) is 1. The molecule has 0 aliphatic carbocycles. The van der Waals surface area contributed by atoms with Gasteiger partial charge in [-0.25, -0.2) is 8.78 Å². The Balaban J connectivity index is 2.39. The molecule has 6 heteroatoms. The van der Waals surface area contributed by atoms with Crippen LogP contribution in [0.5, 0.6) is 0 Å². The Labute approximate surface area is 108 Å². The number of carbonyl (C=O) groups is 2. The van der Waals surface area contributed by atoms with E-state index in [0.717, 1.165) is 4.90 Å². The molecular formula is C13H13F2NO3. The maximum Gasteiger partial charge on any atom is 0.261 e. The third kappa shape index (κ3) is 2.23. The molecule has 1 aliphatic rings. The molecule has 2 amide bonds. The molecule has 2 rings (SSSR count). The summed E-state index contributed by atoms with van der Waals surface area (Å²) in [4.78, 5) is 24.8. The second-order valence-corrected chi connectivity index (χ2v) is 4.86. The standard InChI is InChI=1S/C13H13F2NO3/c1-3-13(2,19)6-16-11(17)7-4-9(14)10(15)5-8(7)12(16)18/h4-5,19H,3,6H2,1-2H3. The number of hydrogen-bond acceptors (Lipinski definition) is 3. The van der Waals surface area contributed by atoms with Crippen LogP contribution in [0.3, 0.4) is 0 Å². The van der Waals surface area contributed by atoms with Gasteiger partial charge in [-0.05, 0) is 25.5 Å². The first-order valence-corrected chi connectivity index (χ1v) is 5.84. The van der Waals surface area contributed by atoms with Crippen molar-refractivity contribution in [2.45, 2.75) is 25.9 Å². The lowest BCUT2D eigenvalue weighted by Gasteiger charge is -2.26. The molecule has 0 saturated carbocycles. The smallest absolute Gasteiger partial charge is 0.261 e. The number of nitrogens with zero attached hydrogens (tertiary/aromatic N) is 1. The molecule has 1 atom stereocenters.